The number of hydrogen-bond donors (Lipinski definition) is 5. The molecule has 16 heavy (non-hydrogen) atoms. The van der Waals surface area contributed by atoms with Gasteiger partial charge in [0.05, 0.1) is 17.8 Å². The number of fused-ring (bicyclic) bond motifs is 1. The maximum Gasteiger partial charge on any atom is 0.108 e. The molecule has 0 spiro atoms. The van der Waals surface area contributed by atoms with Gasteiger partial charge in [0, 0.05) is 29.8 Å². The van der Waals surface area contributed by atoms with Crippen molar-refractivity contribution in [2.75, 3.05) is 18.9 Å². The minimum Gasteiger partial charge on any atom is -0.394 e. The fourth-order valence-electron chi connectivity index (χ4n) is 2.12. The minimum atomic E-state index is -0.112. The van der Waals surface area contributed by atoms with Crippen molar-refractivity contribution in [3.8, 4) is 0 Å². The van der Waals surface area contributed by atoms with Crippen molar-refractivity contribution < 1.29 is 5.11 Å². The predicted molar refractivity (Wildman–Crippen MR) is 64.8 cm³/mol. The summed E-state index contributed by atoms with van der Waals surface area (Å²) in [6.07, 6.45) is 2.47. The summed E-state index contributed by atoms with van der Waals surface area (Å²) in [4.78, 5) is 3.10. The normalized spacial score (nSPS) is 20.9. The second kappa shape index (κ2) is 4.37. The number of nitrogens with one attached hydrogen (secondary N) is 2. The zero-order valence-electron chi connectivity index (χ0n) is 8.76. The van der Waals surface area contributed by atoms with Crippen LogP contribution in [0.1, 0.15) is 22.9 Å². The molecule has 1 aromatic heterocycles. The Morgan fingerprint density at radius 1 is 1.62 bits per heavy atom. The van der Waals surface area contributed by atoms with Crippen LogP contribution < -0.4 is 16.8 Å². The second-order valence-electron chi connectivity index (χ2n) is 3.81. The standard InChI is InChI=1S/C10H15ClN4O/c11-8(12)3-5-9-6(15-10(5)13)1-2-14-7(9)4-16/h3,7,14-16H,1-2,4,12-13H2/b8-3-. The first kappa shape index (κ1) is 11.3. The van der Waals surface area contributed by atoms with E-state index < -0.39 is 0 Å². The molecular formula is C10H15ClN4O. The Morgan fingerprint density at radius 2 is 2.38 bits per heavy atom. The molecule has 6 heteroatoms. The summed E-state index contributed by atoms with van der Waals surface area (Å²) in [5, 5.41) is 12.7. The minimum absolute atomic E-state index is 0.0212. The van der Waals surface area contributed by atoms with Crippen LogP contribution in [0.15, 0.2) is 5.16 Å². The number of anilines is 1. The third kappa shape index (κ3) is 1.89. The van der Waals surface area contributed by atoms with Gasteiger partial charge in [-0.05, 0) is 6.08 Å². The maximum atomic E-state index is 9.30. The van der Waals surface area contributed by atoms with Gasteiger partial charge in [-0.3, -0.25) is 0 Å². The van der Waals surface area contributed by atoms with Crippen LogP contribution in [-0.4, -0.2) is 23.2 Å². The predicted octanol–water partition coefficient (Wildman–Crippen LogP) is 0.272. The van der Waals surface area contributed by atoms with Gasteiger partial charge in [0.15, 0.2) is 0 Å². The number of hydrogen-bond acceptors (Lipinski definition) is 4. The molecular weight excluding hydrogens is 228 g/mol. The number of aliphatic hydroxyl groups is 1. The lowest BCUT2D eigenvalue weighted by Gasteiger charge is -2.23. The Balaban J connectivity index is 2.52. The number of halogens is 1. The molecule has 0 amide bonds. The number of nitrogen functional groups attached to an aromatic ring is 1. The summed E-state index contributed by atoms with van der Waals surface area (Å²) in [6.45, 7) is 0.838. The Bertz CT molecular complexity index is 423. The topological polar surface area (TPSA) is 100 Å². The van der Waals surface area contributed by atoms with Gasteiger partial charge < -0.3 is 26.9 Å². The van der Waals surface area contributed by atoms with E-state index in [0.717, 1.165) is 29.8 Å². The number of H-pyrrole nitrogens is 1. The molecule has 0 bridgehead atoms. The highest BCUT2D eigenvalue weighted by Crippen LogP contribution is 2.31. The average Bonchev–Trinajstić information content (AvgIpc) is 2.54. The van der Waals surface area contributed by atoms with Crippen molar-refractivity contribution in [2.24, 2.45) is 5.73 Å². The number of aromatic nitrogens is 1. The third-order valence-electron chi connectivity index (χ3n) is 2.77. The van der Waals surface area contributed by atoms with Crippen LogP contribution in [0.25, 0.3) is 6.08 Å². The number of nitrogens with two attached hydrogens (primary N) is 2. The Hall–Kier alpha value is -1.17. The molecule has 1 unspecified atom stereocenters. The maximum absolute atomic E-state index is 9.30. The molecule has 0 aromatic carbocycles. The first-order valence-corrected chi connectivity index (χ1v) is 5.48. The summed E-state index contributed by atoms with van der Waals surface area (Å²) in [5.41, 5.74) is 14.1. The average molecular weight is 243 g/mol. The lowest BCUT2D eigenvalue weighted by atomic mass is 9.97. The first-order valence-electron chi connectivity index (χ1n) is 5.10. The number of aromatic amines is 1. The van der Waals surface area contributed by atoms with Crippen molar-refractivity contribution in [3.63, 3.8) is 0 Å². The molecule has 0 saturated heterocycles. The Labute approximate surface area is 98.5 Å². The molecule has 0 aliphatic carbocycles. The smallest absolute Gasteiger partial charge is 0.108 e. The quantitative estimate of drug-likeness (QED) is 0.481. The zero-order chi connectivity index (χ0) is 11.7. The molecule has 1 aliphatic heterocycles. The molecule has 88 valence electrons. The van der Waals surface area contributed by atoms with Gasteiger partial charge in [-0.15, -0.1) is 0 Å². The van der Waals surface area contributed by atoms with Gasteiger partial charge in [-0.2, -0.15) is 0 Å². The monoisotopic (exact) mass is 242 g/mol. The van der Waals surface area contributed by atoms with E-state index >= 15 is 0 Å². The van der Waals surface area contributed by atoms with Crippen LogP contribution in [-0.2, 0) is 6.42 Å². The molecule has 1 atom stereocenters. The highest BCUT2D eigenvalue weighted by Gasteiger charge is 2.25. The summed E-state index contributed by atoms with van der Waals surface area (Å²) < 4.78 is 0. The van der Waals surface area contributed by atoms with E-state index in [0.29, 0.717) is 5.82 Å². The van der Waals surface area contributed by atoms with Gasteiger partial charge in [0.1, 0.15) is 5.82 Å². The highest BCUT2D eigenvalue weighted by atomic mass is 35.5. The summed E-state index contributed by atoms with van der Waals surface area (Å²) >= 11 is 5.66. The van der Waals surface area contributed by atoms with Crippen LogP contribution in [0.2, 0.25) is 0 Å². The molecule has 2 rings (SSSR count). The Kier molecular flexibility index (Phi) is 3.09. The van der Waals surface area contributed by atoms with E-state index in [4.69, 9.17) is 23.1 Å². The number of aliphatic hydroxyl groups excluding tert-OH is 1. The lowest BCUT2D eigenvalue weighted by Crippen LogP contribution is -2.32. The van der Waals surface area contributed by atoms with Crippen molar-refractivity contribution in [3.05, 3.63) is 22.0 Å². The van der Waals surface area contributed by atoms with Gasteiger partial charge in [-0.25, -0.2) is 0 Å². The molecule has 1 aromatic rings. The fourth-order valence-corrected chi connectivity index (χ4v) is 2.23. The highest BCUT2D eigenvalue weighted by molar-refractivity contribution is 6.31. The zero-order valence-corrected chi connectivity index (χ0v) is 9.51. The molecule has 0 saturated carbocycles. The van der Waals surface area contributed by atoms with E-state index in [1.54, 1.807) is 6.08 Å². The van der Waals surface area contributed by atoms with Crippen molar-refractivity contribution in [2.45, 2.75) is 12.5 Å². The van der Waals surface area contributed by atoms with Crippen molar-refractivity contribution >= 4 is 23.5 Å². The van der Waals surface area contributed by atoms with E-state index in [1.165, 1.54) is 0 Å². The van der Waals surface area contributed by atoms with Crippen molar-refractivity contribution in [1.82, 2.24) is 10.3 Å². The van der Waals surface area contributed by atoms with Gasteiger partial charge >= 0.3 is 0 Å². The molecule has 2 heterocycles. The van der Waals surface area contributed by atoms with Gasteiger partial charge in [-0.1, -0.05) is 11.6 Å². The molecule has 5 nitrogen and oxygen atoms in total. The summed E-state index contributed by atoms with van der Waals surface area (Å²) in [7, 11) is 0. The number of rotatable bonds is 2. The Morgan fingerprint density at radius 3 is 3.00 bits per heavy atom. The van der Waals surface area contributed by atoms with Gasteiger partial charge in [0.25, 0.3) is 0 Å². The second-order valence-corrected chi connectivity index (χ2v) is 4.25. The molecule has 0 fully saturated rings. The largest absolute Gasteiger partial charge is 0.394 e. The van der Waals surface area contributed by atoms with Crippen LogP contribution in [0.3, 0.4) is 0 Å². The SMILES string of the molecule is N/C(Cl)=C\c1c(N)[nH]c2c1C(CO)NCC2. The molecule has 1 aliphatic rings. The van der Waals surface area contributed by atoms with E-state index in [2.05, 4.69) is 10.3 Å². The van der Waals surface area contributed by atoms with Crippen LogP contribution in [0, 0.1) is 0 Å². The van der Waals surface area contributed by atoms with E-state index in [1.807, 2.05) is 0 Å². The summed E-state index contributed by atoms with van der Waals surface area (Å²) in [5.74, 6) is 0.538. The van der Waals surface area contributed by atoms with E-state index in [9.17, 15) is 5.11 Å². The molecule has 7 N–H and O–H groups in total. The van der Waals surface area contributed by atoms with Gasteiger partial charge in [0.2, 0.25) is 0 Å². The van der Waals surface area contributed by atoms with Crippen LogP contribution in [0.4, 0.5) is 5.82 Å². The van der Waals surface area contributed by atoms with E-state index in [-0.39, 0.29) is 17.8 Å². The first-order chi connectivity index (χ1) is 7.63. The summed E-state index contributed by atoms with van der Waals surface area (Å²) in [6, 6.07) is -0.112. The molecule has 0 radical (unpaired) electrons. The third-order valence-corrected chi connectivity index (χ3v) is 2.88. The van der Waals surface area contributed by atoms with Crippen molar-refractivity contribution in [1.29, 1.82) is 0 Å². The van der Waals surface area contributed by atoms with Crippen LogP contribution in [0.5, 0.6) is 0 Å². The lowest BCUT2D eigenvalue weighted by molar-refractivity contribution is 0.240. The fraction of sp³-hybridized carbons (Fsp3) is 0.400. The van der Waals surface area contributed by atoms with Crippen LogP contribution >= 0.6 is 11.6 Å².